The molecule has 0 aliphatic heterocycles. The van der Waals surface area contributed by atoms with Crippen LogP contribution in [0.15, 0.2) is 41.5 Å². The number of halogens is 3. The standard InChI is InChI=1S/C23H24F3N5O4/c1-5-35-18-9-19(32)27-10-14(18)20-28-11-17(12(2)29-20)31-21(33)30-13-6-7-15(22(3,4)34)16(8-13)23(24,25)26/h6-11,34H,5H2,1-4H3,(H,27,32)(H2,30,31,33). The van der Waals surface area contributed by atoms with Crippen LogP contribution in [0.1, 0.15) is 37.6 Å². The number of hydrogen-bond acceptors (Lipinski definition) is 6. The van der Waals surface area contributed by atoms with E-state index in [1.165, 1.54) is 38.4 Å². The first-order valence-corrected chi connectivity index (χ1v) is 10.5. The van der Waals surface area contributed by atoms with Gasteiger partial charge in [-0.25, -0.2) is 14.8 Å². The zero-order chi connectivity index (χ0) is 26.0. The molecule has 0 saturated heterocycles. The molecule has 0 atom stereocenters. The Morgan fingerprint density at radius 2 is 1.89 bits per heavy atom. The highest BCUT2D eigenvalue weighted by Gasteiger charge is 2.37. The molecular weight excluding hydrogens is 467 g/mol. The van der Waals surface area contributed by atoms with Crippen LogP contribution in [0.25, 0.3) is 11.4 Å². The SMILES string of the molecule is CCOc1cc(=O)[nH]cc1-c1ncc(NC(=O)Nc2ccc(C(C)(C)O)c(C(F)(F)F)c2)c(C)n1. The number of benzene rings is 1. The maximum Gasteiger partial charge on any atom is 0.416 e. The van der Waals surface area contributed by atoms with Gasteiger partial charge < -0.3 is 25.5 Å². The number of aromatic amines is 1. The van der Waals surface area contributed by atoms with Crippen molar-refractivity contribution in [3.8, 4) is 17.1 Å². The molecule has 2 aromatic heterocycles. The fourth-order valence-corrected chi connectivity index (χ4v) is 3.30. The summed E-state index contributed by atoms with van der Waals surface area (Å²) in [6, 6.07) is 3.59. The van der Waals surface area contributed by atoms with Gasteiger partial charge in [-0.1, -0.05) is 6.07 Å². The van der Waals surface area contributed by atoms with E-state index in [2.05, 4.69) is 25.6 Å². The van der Waals surface area contributed by atoms with E-state index in [0.717, 1.165) is 12.1 Å². The van der Waals surface area contributed by atoms with Crippen molar-refractivity contribution in [3.63, 3.8) is 0 Å². The molecule has 0 radical (unpaired) electrons. The van der Waals surface area contributed by atoms with Crippen molar-refractivity contribution in [2.75, 3.05) is 17.2 Å². The van der Waals surface area contributed by atoms with Gasteiger partial charge >= 0.3 is 12.2 Å². The van der Waals surface area contributed by atoms with E-state index in [4.69, 9.17) is 4.74 Å². The molecule has 186 valence electrons. The van der Waals surface area contributed by atoms with E-state index >= 15 is 0 Å². The molecule has 1 aromatic carbocycles. The van der Waals surface area contributed by atoms with Gasteiger partial charge in [0.05, 0.1) is 40.9 Å². The summed E-state index contributed by atoms with van der Waals surface area (Å²) in [4.78, 5) is 35.1. The van der Waals surface area contributed by atoms with Gasteiger partial charge in [0.2, 0.25) is 0 Å². The molecular formula is C23H24F3N5O4. The third kappa shape index (κ3) is 6.15. The van der Waals surface area contributed by atoms with Crippen LogP contribution in [-0.4, -0.2) is 32.7 Å². The number of rotatable bonds is 6. The first-order chi connectivity index (χ1) is 16.3. The van der Waals surface area contributed by atoms with Crippen molar-refractivity contribution in [2.45, 2.75) is 39.5 Å². The fraction of sp³-hybridized carbons (Fsp3) is 0.304. The van der Waals surface area contributed by atoms with Crippen molar-refractivity contribution in [3.05, 3.63) is 63.8 Å². The smallest absolute Gasteiger partial charge is 0.416 e. The third-order valence-corrected chi connectivity index (χ3v) is 4.90. The van der Waals surface area contributed by atoms with Gasteiger partial charge in [-0.05, 0) is 45.4 Å². The second-order valence-electron chi connectivity index (χ2n) is 8.10. The molecule has 2 heterocycles. The monoisotopic (exact) mass is 491 g/mol. The normalized spacial score (nSPS) is 11.8. The lowest BCUT2D eigenvalue weighted by molar-refractivity contribution is -0.140. The zero-order valence-electron chi connectivity index (χ0n) is 19.4. The second kappa shape index (κ2) is 9.74. The van der Waals surface area contributed by atoms with Gasteiger partial charge in [0.25, 0.3) is 5.56 Å². The van der Waals surface area contributed by atoms with Gasteiger partial charge in [0.1, 0.15) is 5.75 Å². The number of nitrogens with zero attached hydrogens (tertiary/aromatic N) is 2. The number of amides is 2. The number of aryl methyl sites for hydroxylation is 1. The van der Waals surface area contributed by atoms with Gasteiger partial charge in [-0.2, -0.15) is 13.2 Å². The number of H-pyrrole nitrogens is 1. The van der Waals surface area contributed by atoms with Crippen LogP contribution in [-0.2, 0) is 11.8 Å². The average molecular weight is 491 g/mol. The molecule has 0 bridgehead atoms. The van der Waals surface area contributed by atoms with E-state index < -0.39 is 23.4 Å². The van der Waals surface area contributed by atoms with Crippen molar-refractivity contribution < 1.29 is 27.8 Å². The van der Waals surface area contributed by atoms with E-state index in [1.807, 2.05) is 0 Å². The lowest BCUT2D eigenvalue weighted by Crippen LogP contribution is -2.24. The summed E-state index contributed by atoms with van der Waals surface area (Å²) in [7, 11) is 0. The first-order valence-electron chi connectivity index (χ1n) is 10.5. The molecule has 9 nitrogen and oxygen atoms in total. The van der Waals surface area contributed by atoms with E-state index in [1.54, 1.807) is 13.8 Å². The number of nitrogens with one attached hydrogen (secondary N) is 3. The van der Waals surface area contributed by atoms with Gasteiger partial charge in [0, 0.05) is 18.0 Å². The molecule has 0 spiro atoms. The molecule has 0 aliphatic rings. The van der Waals surface area contributed by atoms with Gasteiger partial charge in [0.15, 0.2) is 5.82 Å². The number of carbonyl (C=O) groups excluding carboxylic acids is 1. The van der Waals surface area contributed by atoms with Crippen molar-refractivity contribution >= 4 is 17.4 Å². The Hall–Kier alpha value is -3.93. The van der Waals surface area contributed by atoms with Crippen LogP contribution in [0, 0.1) is 6.92 Å². The van der Waals surface area contributed by atoms with Crippen LogP contribution in [0.4, 0.5) is 29.3 Å². The minimum atomic E-state index is -4.73. The first kappa shape index (κ1) is 25.7. The summed E-state index contributed by atoms with van der Waals surface area (Å²) in [5.74, 6) is 0.536. The molecule has 0 fully saturated rings. The number of hydrogen-bond donors (Lipinski definition) is 4. The summed E-state index contributed by atoms with van der Waals surface area (Å²) in [5, 5.41) is 14.9. The van der Waals surface area contributed by atoms with Crippen LogP contribution < -0.4 is 20.9 Å². The van der Waals surface area contributed by atoms with Gasteiger partial charge in [-0.15, -0.1) is 0 Å². The number of alkyl halides is 3. The molecule has 3 aromatic rings. The Kier molecular flexibility index (Phi) is 7.15. The number of ether oxygens (including phenoxy) is 1. The Balaban J connectivity index is 1.81. The van der Waals surface area contributed by atoms with Crippen molar-refractivity contribution in [1.82, 2.24) is 15.0 Å². The zero-order valence-corrected chi connectivity index (χ0v) is 19.4. The number of aromatic nitrogens is 3. The van der Waals surface area contributed by atoms with E-state index in [-0.39, 0.29) is 28.3 Å². The second-order valence-corrected chi connectivity index (χ2v) is 8.10. The maximum absolute atomic E-state index is 13.5. The molecule has 12 heteroatoms. The summed E-state index contributed by atoms with van der Waals surface area (Å²) in [6.07, 6.45) is -1.99. The summed E-state index contributed by atoms with van der Waals surface area (Å²) in [6.45, 7) is 6.18. The van der Waals surface area contributed by atoms with Crippen LogP contribution in [0.3, 0.4) is 0 Å². The summed E-state index contributed by atoms with van der Waals surface area (Å²) in [5.41, 5.74) is -2.54. The molecule has 0 aliphatic carbocycles. The molecule has 2 amide bonds. The largest absolute Gasteiger partial charge is 0.493 e. The Morgan fingerprint density at radius 3 is 2.49 bits per heavy atom. The maximum atomic E-state index is 13.5. The quantitative estimate of drug-likeness (QED) is 0.404. The van der Waals surface area contributed by atoms with Crippen molar-refractivity contribution in [1.29, 1.82) is 0 Å². The molecule has 4 N–H and O–H groups in total. The van der Waals surface area contributed by atoms with Crippen molar-refractivity contribution in [2.24, 2.45) is 0 Å². The molecule has 35 heavy (non-hydrogen) atoms. The number of urea groups is 1. The predicted molar refractivity (Wildman–Crippen MR) is 123 cm³/mol. The summed E-state index contributed by atoms with van der Waals surface area (Å²) >= 11 is 0. The Labute approximate surface area is 198 Å². The molecule has 3 rings (SSSR count). The van der Waals surface area contributed by atoms with Gasteiger partial charge in [-0.3, -0.25) is 4.79 Å². The lowest BCUT2D eigenvalue weighted by atomic mass is 9.92. The van der Waals surface area contributed by atoms with E-state index in [0.29, 0.717) is 23.6 Å². The highest BCUT2D eigenvalue weighted by atomic mass is 19.4. The number of pyridine rings is 1. The highest BCUT2D eigenvalue weighted by Crippen LogP contribution is 2.38. The fourth-order valence-electron chi connectivity index (χ4n) is 3.30. The number of carbonyl (C=O) groups is 1. The predicted octanol–water partition coefficient (Wildman–Crippen LogP) is 4.43. The van der Waals surface area contributed by atoms with E-state index in [9.17, 15) is 27.9 Å². The molecule has 0 unspecified atom stereocenters. The van der Waals surface area contributed by atoms with Crippen LogP contribution in [0.5, 0.6) is 5.75 Å². The summed E-state index contributed by atoms with van der Waals surface area (Å²) < 4.78 is 45.9. The minimum Gasteiger partial charge on any atom is -0.493 e. The van der Waals surface area contributed by atoms with Crippen LogP contribution in [0.2, 0.25) is 0 Å². The highest BCUT2D eigenvalue weighted by molar-refractivity contribution is 6.00. The molecule has 0 saturated carbocycles. The Bertz CT molecular complexity index is 1300. The Morgan fingerprint density at radius 1 is 1.17 bits per heavy atom. The topological polar surface area (TPSA) is 129 Å². The number of aliphatic hydroxyl groups is 1. The number of anilines is 2. The van der Waals surface area contributed by atoms with Crippen LogP contribution >= 0.6 is 0 Å². The minimum absolute atomic E-state index is 0.118. The third-order valence-electron chi connectivity index (χ3n) is 4.90. The average Bonchev–Trinajstić information content (AvgIpc) is 2.74. The lowest BCUT2D eigenvalue weighted by Gasteiger charge is -2.23.